The van der Waals surface area contributed by atoms with Crippen molar-refractivity contribution >= 4 is 28.1 Å². The van der Waals surface area contributed by atoms with E-state index in [2.05, 4.69) is 10.3 Å². The van der Waals surface area contributed by atoms with Gasteiger partial charge >= 0.3 is 0 Å². The number of hydrogen-bond acceptors (Lipinski definition) is 3. The van der Waals surface area contributed by atoms with Crippen LogP contribution in [0.15, 0.2) is 48.7 Å². The monoisotopic (exact) mass is 295 g/mol. The molecule has 0 aliphatic heterocycles. The Kier molecular flexibility index (Phi) is 3.47. The number of carbonyl (C=O) groups excluding carboxylic acids is 1. The van der Waals surface area contributed by atoms with E-state index in [0.717, 1.165) is 10.9 Å². The molecule has 22 heavy (non-hydrogen) atoms. The number of aromatic nitrogens is 1. The van der Waals surface area contributed by atoms with E-state index in [9.17, 15) is 9.18 Å². The zero-order valence-corrected chi connectivity index (χ0v) is 11.9. The second-order valence-corrected chi connectivity index (χ2v) is 5.07. The fraction of sp³-hybridized carbons (Fsp3) is 0.0588. The molecule has 110 valence electrons. The average Bonchev–Trinajstić information content (AvgIpc) is 2.49. The summed E-state index contributed by atoms with van der Waals surface area (Å²) in [5, 5.41) is 4.18. The second-order valence-electron chi connectivity index (χ2n) is 5.07. The Morgan fingerprint density at radius 2 is 1.86 bits per heavy atom. The number of benzene rings is 2. The predicted molar refractivity (Wildman–Crippen MR) is 85.2 cm³/mol. The number of nitrogen functional groups attached to an aromatic ring is 1. The summed E-state index contributed by atoms with van der Waals surface area (Å²) < 4.78 is 12.9. The Labute approximate surface area is 126 Å². The third-order valence-corrected chi connectivity index (χ3v) is 3.37. The highest BCUT2D eigenvalue weighted by Crippen LogP contribution is 2.25. The molecule has 0 radical (unpaired) electrons. The number of nitrogens with one attached hydrogen (secondary N) is 1. The Hall–Kier alpha value is -2.95. The first-order chi connectivity index (χ1) is 10.5. The van der Waals surface area contributed by atoms with Crippen molar-refractivity contribution in [3.8, 4) is 0 Å². The molecule has 1 aromatic heterocycles. The molecule has 0 fully saturated rings. The lowest BCUT2D eigenvalue weighted by atomic mass is 10.0. The van der Waals surface area contributed by atoms with Gasteiger partial charge in [0, 0.05) is 28.3 Å². The normalized spacial score (nSPS) is 10.6. The standard InChI is InChI=1S/C17H14FN3O/c1-10-8-14-13(15(19)9-10)6-7-20-16(14)17(22)21-12-4-2-11(18)3-5-12/h2-9H,19H2,1H3,(H,21,22). The molecule has 0 saturated heterocycles. The van der Waals surface area contributed by atoms with E-state index in [1.165, 1.54) is 24.3 Å². The largest absolute Gasteiger partial charge is 0.398 e. The number of fused-ring (bicyclic) bond motifs is 1. The minimum Gasteiger partial charge on any atom is -0.398 e. The van der Waals surface area contributed by atoms with Crippen LogP contribution in [0.5, 0.6) is 0 Å². The molecule has 0 aliphatic rings. The van der Waals surface area contributed by atoms with Gasteiger partial charge in [-0.25, -0.2) is 4.39 Å². The van der Waals surface area contributed by atoms with Gasteiger partial charge in [-0.15, -0.1) is 0 Å². The van der Waals surface area contributed by atoms with Crippen LogP contribution in [0.4, 0.5) is 15.8 Å². The number of aryl methyl sites for hydroxylation is 1. The number of halogens is 1. The second kappa shape index (κ2) is 5.44. The fourth-order valence-electron chi connectivity index (χ4n) is 2.37. The summed E-state index contributed by atoms with van der Waals surface area (Å²) in [6.45, 7) is 1.91. The molecule has 0 aliphatic carbocycles. The third-order valence-electron chi connectivity index (χ3n) is 3.37. The number of nitrogens with zero attached hydrogens (tertiary/aromatic N) is 1. The number of rotatable bonds is 2. The van der Waals surface area contributed by atoms with Crippen LogP contribution in [0.1, 0.15) is 16.1 Å². The van der Waals surface area contributed by atoms with E-state index in [0.29, 0.717) is 16.8 Å². The van der Waals surface area contributed by atoms with Crippen LogP contribution in [-0.4, -0.2) is 10.9 Å². The van der Waals surface area contributed by atoms with Crippen LogP contribution in [0.3, 0.4) is 0 Å². The van der Waals surface area contributed by atoms with Gasteiger partial charge in [0.05, 0.1) is 0 Å². The van der Waals surface area contributed by atoms with E-state index in [4.69, 9.17) is 5.73 Å². The molecule has 0 unspecified atom stereocenters. The quantitative estimate of drug-likeness (QED) is 0.711. The number of nitrogens with two attached hydrogens (primary N) is 1. The van der Waals surface area contributed by atoms with Gasteiger partial charge in [0.15, 0.2) is 0 Å². The molecule has 0 atom stereocenters. The highest BCUT2D eigenvalue weighted by molar-refractivity contribution is 6.13. The molecular weight excluding hydrogens is 281 g/mol. The van der Waals surface area contributed by atoms with E-state index in [1.807, 2.05) is 19.1 Å². The molecule has 1 heterocycles. The molecule has 0 saturated carbocycles. The summed E-state index contributed by atoms with van der Waals surface area (Å²) in [6.07, 6.45) is 1.55. The minimum atomic E-state index is -0.359. The van der Waals surface area contributed by atoms with Crippen molar-refractivity contribution in [1.82, 2.24) is 4.98 Å². The molecule has 3 aromatic rings. The van der Waals surface area contributed by atoms with Gasteiger partial charge in [0.2, 0.25) is 0 Å². The SMILES string of the molecule is Cc1cc(N)c2ccnc(C(=O)Nc3ccc(F)cc3)c2c1. The summed E-state index contributed by atoms with van der Waals surface area (Å²) >= 11 is 0. The van der Waals surface area contributed by atoms with E-state index in [-0.39, 0.29) is 17.4 Å². The van der Waals surface area contributed by atoms with E-state index < -0.39 is 0 Å². The zero-order chi connectivity index (χ0) is 15.7. The summed E-state index contributed by atoms with van der Waals surface area (Å²) in [5.74, 6) is -0.716. The first-order valence-corrected chi connectivity index (χ1v) is 6.76. The van der Waals surface area contributed by atoms with Gasteiger partial charge in [-0.2, -0.15) is 0 Å². The fourth-order valence-corrected chi connectivity index (χ4v) is 2.37. The topological polar surface area (TPSA) is 68.0 Å². The molecule has 1 amide bonds. The third kappa shape index (κ3) is 2.61. The van der Waals surface area contributed by atoms with Gasteiger partial charge < -0.3 is 11.1 Å². The number of anilines is 2. The van der Waals surface area contributed by atoms with E-state index in [1.54, 1.807) is 12.3 Å². The van der Waals surface area contributed by atoms with Crippen molar-refractivity contribution in [1.29, 1.82) is 0 Å². The van der Waals surface area contributed by atoms with Gasteiger partial charge in [-0.3, -0.25) is 9.78 Å². The van der Waals surface area contributed by atoms with Crippen LogP contribution < -0.4 is 11.1 Å². The Morgan fingerprint density at radius 3 is 2.59 bits per heavy atom. The molecular formula is C17H14FN3O. The summed E-state index contributed by atoms with van der Waals surface area (Å²) in [5.41, 5.74) is 8.35. The highest BCUT2D eigenvalue weighted by atomic mass is 19.1. The average molecular weight is 295 g/mol. The molecule has 3 N–H and O–H groups in total. The lowest BCUT2D eigenvalue weighted by Gasteiger charge is -2.09. The summed E-state index contributed by atoms with van der Waals surface area (Å²) in [6, 6.07) is 11.1. The first-order valence-electron chi connectivity index (χ1n) is 6.76. The summed E-state index contributed by atoms with van der Waals surface area (Å²) in [7, 11) is 0. The Balaban J connectivity index is 2.02. The number of hydrogen-bond donors (Lipinski definition) is 2. The lowest BCUT2D eigenvalue weighted by molar-refractivity contribution is 0.102. The van der Waals surface area contributed by atoms with Crippen molar-refractivity contribution < 1.29 is 9.18 Å². The van der Waals surface area contributed by atoms with Crippen molar-refractivity contribution in [3.05, 3.63) is 65.7 Å². The maximum Gasteiger partial charge on any atom is 0.274 e. The van der Waals surface area contributed by atoms with Gasteiger partial charge in [0.1, 0.15) is 11.5 Å². The highest BCUT2D eigenvalue weighted by Gasteiger charge is 2.13. The smallest absolute Gasteiger partial charge is 0.274 e. The zero-order valence-electron chi connectivity index (χ0n) is 11.9. The number of pyridine rings is 1. The number of carbonyl (C=O) groups is 1. The van der Waals surface area contributed by atoms with Crippen molar-refractivity contribution in [3.63, 3.8) is 0 Å². The van der Waals surface area contributed by atoms with Crippen molar-refractivity contribution in [2.45, 2.75) is 6.92 Å². The van der Waals surface area contributed by atoms with Crippen LogP contribution >= 0.6 is 0 Å². The van der Waals surface area contributed by atoms with Crippen molar-refractivity contribution in [2.75, 3.05) is 11.1 Å². The van der Waals surface area contributed by atoms with Gasteiger partial charge in [0.25, 0.3) is 5.91 Å². The molecule has 0 spiro atoms. The lowest BCUT2D eigenvalue weighted by Crippen LogP contribution is -2.14. The van der Waals surface area contributed by atoms with Crippen molar-refractivity contribution in [2.24, 2.45) is 0 Å². The molecule has 2 aromatic carbocycles. The number of amides is 1. The molecule has 5 heteroatoms. The van der Waals surface area contributed by atoms with Gasteiger partial charge in [-0.05, 0) is 55.0 Å². The molecule has 0 bridgehead atoms. The maximum absolute atomic E-state index is 12.9. The van der Waals surface area contributed by atoms with Crippen LogP contribution in [0.25, 0.3) is 10.8 Å². The summed E-state index contributed by atoms with van der Waals surface area (Å²) in [4.78, 5) is 16.6. The minimum absolute atomic E-state index is 0.289. The first kappa shape index (κ1) is 14.0. The Bertz CT molecular complexity index is 860. The van der Waals surface area contributed by atoms with Crippen LogP contribution in [0.2, 0.25) is 0 Å². The van der Waals surface area contributed by atoms with Crippen LogP contribution in [-0.2, 0) is 0 Å². The molecule has 3 rings (SSSR count). The maximum atomic E-state index is 12.9. The van der Waals surface area contributed by atoms with Gasteiger partial charge in [-0.1, -0.05) is 0 Å². The molecule has 4 nitrogen and oxygen atoms in total. The van der Waals surface area contributed by atoms with E-state index >= 15 is 0 Å². The predicted octanol–water partition coefficient (Wildman–Crippen LogP) is 3.52. The Morgan fingerprint density at radius 1 is 1.14 bits per heavy atom. The van der Waals surface area contributed by atoms with Crippen LogP contribution in [0, 0.1) is 12.7 Å².